The van der Waals surface area contributed by atoms with Gasteiger partial charge in [-0.3, -0.25) is 9.59 Å². The van der Waals surface area contributed by atoms with Crippen molar-refractivity contribution in [1.82, 2.24) is 5.32 Å². The van der Waals surface area contributed by atoms with Crippen molar-refractivity contribution in [2.45, 2.75) is 25.8 Å². The molecule has 0 aliphatic carbocycles. The molecular weight excluding hydrogens is 248 g/mol. The van der Waals surface area contributed by atoms with E-state index >= 15 is 0 Å². The average molecular weight is 266 g/mol. The predicted octanol–water partition coefficient (Wildman–Crippen LogP) is 1.26. The summed E-state index contributed by atoms with van der Waals surface area (Å²) in [7, 11) is 1.50. The minimum absolute atomic E-state index is 0.172. The number of nitrogen functional groups attached to an aromatic ring is 1. The molecule has 0 aliphatic heterocycles. The van der Waals surface area contributed by atoms with Crippen LogP contribution in [0.5, 0.6) is 5.75 Å². The molecule has 0 heterocycles. The maximum atomic E-state index is 12.0. The highest BCUT2D eigenvalue weighted by Crippen LogP contribution is 2.20. The molecule has 104 valence electrons. The summed E-state index contributed by atoms with van der Waals surface area (Å²) >= 11 is 0. The Balaban J connectivity index is 2.86. The van der Waals surface area contributed by atoms with Crippen molar-refractivity contribution >= 4 is 17.6 Å². The van der Waals surface area contributed by atoms with Crippen LogP contribution in [0.15, 0.2) is 18.2 Å². The summed E-state index contributed by atoms with van der Waals surface area (Å²) in [5, 5.41) is 11.4. The highest BCUT2D eigenvalue weighted by atomic mass is 16.5. The van der Waals surface area contributed by atoms with Crippen LogP contribution in [0.25, 0.3) is 0 Å². The Hall–Kier alpha value is -2.24. The molecule has 0 atom stereocenters. The molecule has 0 aliphatic rings. The first kappa shape index (κ1) is 14.8. The third kappa shape index (κ3) is 4.17. The Morgan fingerprint density at radius 2 is 2.05 bits per heavy atom. The zero-order chi connectivity index (χ0) is 14.6. The van der Waals surface area contributed by atoms with Crippen molar-refractivity contribution in [1.29, 1.82) is 0 Å². The van der Waals surface area contributed by atoms with Gasteiger partial charge in [-0.05, 0) is 26.0 Å². The van der Waals surface area contributed by atoms with E-state index in [0.717, 1.165) is 0 Å². The third-order valence-corrected chi connectivity index (χ3v) is 2.55. The zero-order valence-electron chi connectivity index (χ0n) is 11.2. The molecule has 1 aromatic rings. The smallest absolute Gasteiger partial charge is 0.305 e. The van der Waals surface area contributed by atoms with E-state index in [0.29, 0.717) is 11.3 Å². The van der Waals surface area contributed by atoms with Crippen LogP contribution >= 0.6 is 0 Å². The fraction of sp³-hybridized carbons (Fsp3) is 0.385. The molecule has 0 saturated heterocycles. The van der Waals surface area contributed by atoms with Crippen LogP contribution < -0.4 is 15.8 Å². The van der Waals surface area contributed by atoms with E-state index in [4.69, 9.17) is 15.6 Å². The molecule has 1 rings (SSSR count). The van der Waals surface area contributed by atoms with E-state index in [1.54, 1.807) is 32.0 Å². The van der Waals surface area contributed by atoms with Gasteiger partial charge in [0.1, 0.15) is 5.75 Å². The van der Waals surface area contributed by atoms with Crippen LogP contribution in [0.1, 0.15) is 30.6 Å². The van der Waals surface area contributed by atoms with Gasteiger partial charge in [0, 0.05) is 17.3 Å². The Kier molecular flexibility index (Phi) is 4.37. The number of ether oxygens (including phenoxy) is 1. The second-order valence-electron chi connectivity index (χ2n) is 4.86. The lowest BCUT2D eigenvalue weighted by molar-refractivity contribution is -0.138. The van der Waals surface area contributed by atoms with Gasteiger partial charge in [0.05, 0.1) is 19.1 Å². The summed E-state index contributed by atoms with van der Waals surface area (Å²) in [4.78, 5) is 22.7. The Morgan fingerprint density at radius 3 is 2.53 bits per heavy atom. The lowest BCUT2D eigenvalue weighted by Gasteiger charge is -2.24. The van der Waals surface area contributed by atoms with Gasteiger partial charge < -0.3 is 20.9 Å². The number of carbonyl (C=O) groups is 2. The molecule has 19 heavy (non-hydrogen) atoms. The number of hydrogen-bond donors (Lipinski definition) is 3. The van der Waals surface area contributed by atoms with Crippen LogP contribution in [-0.2, 0) is 4.79 Å². The van der Waals surface area contributed by atoms with Gasteiger partial charge in [-0.2, -0.15) is 0 Å². The van der Waals surface area contributed by atoms with Crippen molar-refractivity contribution < 1.29 is 19.4 Å². The van der Waals surface area contributed by atoms with Gasteiger partial charge in [-0.15, -0.1) is 0 Å². The van der Waals surface area contributed by atoms with Gasteiger partial charge in [0.2, 0.25) is 0 Å². The molecule has 4 N–H and O–H groups in total. The minimum atomic E-state index is -0.979. The molecular formula is C13H18N2O4. The van der Waals surface area contributed by atoms with E-state index in [-0.39, 0.29) is 12.1 Å². The zero-order valence-corrected chi connectivity index (χ0v) is 11.2. The monoisotopic (exact) mass is 266 g/mol. The first-order valence-electron chi connectivity index (χ1n) is 5.73. The Morgan fingerprint density at radius 1 is 1.42 bits per heavy atom. The third-order valence-electron chi connectivity index (χ3n) is 2.55. The fourth-order valence-electron chi connectivity index (χ4n) is 1.67. The van der Waals surface area contributed by atoms with Crippen LogP contribution in [0.4, 0.5) is 5.69 Å². The minimum Gasteiger partial charge on any atom is -0.497 e. The Bertz CT molecular complexity index is 497. The van der Waals surface area contributed by atoms with Crippen molar-refractivity contribution in [3.8, 4) is 5.75 Å². The molecule has 0 fully saturated rings. The largest absolute Gasteiger partial charge is 0.497 e. The number of carboxylic acids is 1. The number of carboxylic acid groups (broad SMARTS) is 1. The summed E-state index contributed by atoms with van der Waals surface area (Å²) < 4.78 is 4.99. The number of benzene rings is 1. The van der Waals surface area contributed by atoms with Crippen LogP contribution in [0.3, 0.4) is 0 Å². The average Bonchev–Trinajstić information content (AvgIpc) is 2.25. The van der Waals surface area contributed by atoms with Gasteiger partial charge in [-0.25, -0.2) is 0 Å². The molecule has 0 saturated carbocycles. The molecule has 1 amide bonds. The summed E-state index contributed by atoms with van der Waals surface area (Å²) in [6, 6.07) is 4.70. The van der Waals surface area contributed by atoms with Gasteiger partial charge in [0.15, 0.2) is 0 Å². The van der Waals surface area contributed by atoms with Gasteiger partial charge >= 0.3 is 5.97 Å². The number of rotatable bonds is 5. The quantitative estimate of drug-likeness (QED) is 0.696. The number of methoxy groups -OCH3 is 1. The van der Waals surface area contributed by atoms with Crippen LogP contribution in [0, 0.1) is 0 Å². The van der Waals surface area contributed by atoms with Gasteiger partial charge in [-0.1, -0.05) is 0 Å². The standard InChI is InChI=1S/C13H18N2O4/c1-13(2,7-11(16)17)15-12(18)9-5-4-8(19-3)6-10(9)14/h4-6H,7,14H2,1-3H3,(H,15,18)(H,16,17). The maximum Gasteiger partial charge on any atom is 0.305 e. The first-order valence-corrected chi connectivity index (χ1v) is 5.73. The van der Waals surface area contributed by atoms with E-state index in [1.807, 2.05) is 0 Å². The molecule has 6 heteroatoms. The molecule has 6 nitrogen and oxygen atoms in total. The number of nitrogens with one attached hydrogen (secondary N) is 1. The molecule has 1 aromatic carbocycles. The summed E-state index contributed by atoms with van der Waals surface area (Å²) in [6.07, 6.45) is -0.172. The second kappa shape index (κ2) is 5.60. The van der Waals surface area contributed by atoms with Gasteiger partial charge in [0.25, 0.3) is 5.91 Å². The topological polar surface area (TPSA) is 102 Å². The summed E-state index contributed by atoms with van der Waals surface area (Å²) in [5.41, 5.74) is 5.48. The van der Waals surface area contributed by atoms with Crippen molar-refractivity contribution in [2.24, 2.45) is 0 Å². The maximum absolute atomic E-state index is 12.0. The number of aliphatic carboxylic acids is 1. The SMILES string of the molecule is COc1ccc(C(=O)NC(C)(C)CC(=O)O)c(N)c1. The van der Waals surface area contributed by atoms with Crippen molar-refractivity contribution in [3.63, 3.8) is 0 Å². The number of anilines is 1. The first-order chi connectivity index (χ1) is 8.75. The molecule has 0 bridgehead atoms. The highest BCUT2D eigenvalue weighted by molar-refractivity contribution is 5.99. The van der Waals surface area contributed by atoms with Crippen molar-refractivity contribution in [2.75, 3.05) is 12.8 Å². The normalized spacial score (nSPS) is 10.9. The Labute approximate surface area is 111 Å². The highest BCUT2D eigenvalue weighted by Gasteiger charge is 2.25. The molecule has 0 spiro atoms. The van der Waals surface area contributed by atoms with Crippen LogP contribution in [-0.4, -0.2) is 29.6 Å². The second-order valence-corrected chi connectivity index (χ2v) is 4.86. The molecule has 0 radical (unpaired) electrons. The summed E-state index contributed by atoms with van der Waals surface area (Å²) in [6.45, 7) is 3.28. The lowest BCUT2D eigenvalue weighted by Crippen LogP contribution is -2.45. The number of nitrogens with two attached hydrogens (primary N) is 1. The number of carbonyl (C=O) groups excluding carboxylic acids is 1. The lowest BCUT2D eigenvalue weighted by atomic mass is 10.00. The summed E-state index contributed by atoms with van der Waals surface area (Å²) in [5.74, 6) is -0.835. The molecule has 0 unspecified atom stereocenters. The fourth-order valence-corrected chi connectivity index (χ4v) is 1.67. The van der Waals surface area contributed by atoms with Crippen molar-refractivity contribution in [3.05, 3.63) is 23.8 Å². The number of hydrogen-bond acceptors (Lipinski definition) is 4. The van der Waals surface area contributed by atoms with E-state index in [2.05, 4.69) is 5.32 Å². The van der Waals surface area contributed by atoms with E-state index < -0.39 is 17.4 Å². The van der Waals surface area contributed by atoms with Crippen LogP contribution in [0.2, 0.25) is 0 Å². The molecule has 0 aromatic heterocycles. The van der Waals surface area contributed by atoms with E-state index in [9.17, 15) is 9.59 Å². The van der Waals surface area contributed by atoms with E-state index in [1.165, 1.54) is 7.11 Å². The predicted molar refractivity (Wildman–Crippen MR) is 71.2 cm³/mol. The number of amides is 1.